The van der Waals surface area contributed by atoms with Crippen molar-refractivity contribution in [1.29, 1.82) is 0 Å². The second-order valence-electron chi connectivity index (χ2n) is 3.39. The fourth-order valence-electron chi connectivity index (χ4n) is 1.32. The van der Waals surface area contributed by atoms with Crippen molar-refractivity contribution < 1.29 is 37.1 Å². The van der Waals surface area contributed by atoms with Gasteiger partial charge in [0.05, 0.1) is 19.8 Å². The Balaban J connectivity index is 3.48. The minimum absolute atomic E-state index is 0.134. The highest BCUT2D eigenvalue weighted by Gasteiger charge is 2.39. The van der Waals surface area contributed by atoms with Crippen molar-refractivity contribution in [3.8, 4) is 11.6 Å². The Bertz CT molecular complexity index is 560. The SMILES string of the molecule is CCOC(=O)c1c(OC)cc([N+](=O)[O-])nc1OC(F)(F)F. The van der Waals surface area contributed by atoms with Crippen LogP contribution in [0.3, 0.4) is 0 Å². The van der Waals surface area contributed by atoms with Gasteiger partial charge in [-0.25, -0.2) is 4.79 Å². The van der Waals surface area contributed by atoms with E-state index in [1.165, 1.54) is 6.92 Å². The second kappa shape index (κ2) is 6.24. The van der Waals surface area contributed by atoms with Gasteiger partial charge < -0.3 is 24.3 Å². The number of hydrogen-bond acceptors (Lipinski definition) is 7. The minimum atomic E-state index is -5.20. The Morgan fingerprint density at radius 3 is 2.52 bits per heavy atom. The molecule has 21 heavy (non-hydrogen) atoms. The van der Waals surface area contributed by atoms with E-state index in [-0.39, 0.29) is 6.61 Å². The molecule has 0 saturated carbocycles. The molecule has 1 heterocycles. The summed E-state index contributed by atoms with van der Waals surface area (Å²) in [5.41, 5.74) is -0.790. The van der Waals surface area contributed by atoms with Gasteiger partial charge in [-0.2, -0.15) is 0 Å². The van der Waals surface area contributed by atoms with E-state index in [1.807, 2.05) is 0 Å². The highest BCUT2D eigenvalue weighted by atomic mass is 19.4. The number of ether oxygens (including phenoxy) is 3. The first kappa shape index (κ1) is 16.5. The standard InChI is InChI=1S/C10H9F3N2O6/c1-3-20-9(16)7-5(19-2)4-6(15(17)18)14-8(7)21-10(11,12)13/h4H,3H2,1-2H3. The minimum Gasteiger partial charge on any atom is -0.495 e. The molecule has 1 aromatic heterocycles. The Morgan fingerprint density at radius 1 is 1.48 bits per heavy atom. The van der Waals surface area contributed by atoms with Gasteiger partial charge in [0, 0.05) is 4.98 Å². The van der Waals surface area contributed by atoms with Crippen molar-refractivity contribution in [1.82, 2.24) is 4.98 Å². The van der Waals surface area contributed by atoms with Crippen molar-refractivity contribution >= 4 is 11.8 Å². The first-order valence-corrected chi connectivity index (χ1v) is 5.35. The van der Waals surface area contributed by atoms with E-state index in [2.05, 4.69) is 19.2 Å². The Kier molecular flexibility index (Phi) is 4.89. The number of esters is 1. The number of rotatable bonds is 5. The number of aromatic nitrogens is 1. The molecule has 0 N–H and O–H groups in total. The smallest absolute Gasteiger partial charge is 0.495 e. The monoisotopic (exact) mass is 310 g/mol. The number of halogens is 3. The first-order valence-electron chi connectivity index (χ1n) is 5.35. The number of carbonyl (C=O) groups is 1. The molecule has 0 fully saturated rings. The van der Waals surface area contributed by atoms with Gasteiger partial charge in [-0.15, -0.1) is 13.2 Å². The number of pyridine rings is 1. The van der Waals surface area contributed by atoms with E-state index in [0.29, 0.717) is 6.07 Å². The summed E-state index contributed by atoms with van der Waals surface area (Å²) in [6, 6.07) is 0.690. The number of methoxy groups -OCH3 is 1. The van der Waals surface area contributed by atoms with Gasteiger partial charge in [0.25, 0.3) is 0 Å². The van der Waals surface area contributed by atoms with Crippen molar-refractivity contribution in [2.24, 2.45) is 0 Å². The quantitative estimate of drug-likeness (QED) is 0.466. The van der Waals surface area contributed by atoms with Gasteiger partial charge in [-0.05, 0) is 11.8 Å². The number of nitrogens with zero attached hydrogens (tertiary/aromatic N) is 2. The molecule has 1 rings (SSSR count). The molecule has 0 radical (unpaired) electrons. The van der Waals surface area contributed by atoms with Crippen LogP contribution in [0.5, 0.6) is 11.6 Å². The predicted molar refractivity (Wildman–Crippen MR) is 60.1 cm³/mol. The molecule has 116 valence electrons. The maximum atomic E-state index is 12.3. The summed E-state index contributed by atoms with van der Waals surface area (Å²) in [5.74, 6) is -4.02. The summed E-state index contributed by atoms with van der Waals surface area (Å²) in [7, 11) is 1.01. The van der Waals surface area contributed by atoms with Crippen molar-refractivity contribution in [3.05, 3.63) is 21.7 Å². The van der Waals surface area contributed by atoms with E-state index < -0.39 is 40.3 Å². The number of alkyl halides is 3. The molecule has 8 nitrogen and oxygen atoms in total. The lowest BCUT2D eigenvalue weighted by molar-refractivity contribution is -0.390. The highest BCUT2D eigenvalue weighted by Crippen LogP contribution is 2.34. The molecule has 0 aliphatic carbocycles. The fraction of sp³-hybridized carbons (Fsp3) is 0.400. The van der Waals surface area contributed by atoms with Gasteiger partial charge in [-0.1, -0.05) is 0 Å². The van der Waals surface area contributed by atoms with Crippen molar-refractivity contribution in [2.45, 2.75) is 13.3 Å². The van der Waals surface area contributed by atoms with E-state index >= 15 is 0 Å². The van der Waals surface area contributed by atoms with Crippen LogP contribution in [-0.4, -0.2) is 36.0 Å². The van der Waals surface area contributed by atoms with Crippen molar-refractivity contribution in [3.63, 3.8) is 0 Å². The topological polar surface area (TPSA) is 101 Å². The molecule has 0 saturated heterocycles. The normalized spacial score (nSPS) is 10.9. The molecule has 0 aliphatic rings. The summed E-state index contributed by atoms with van der Waals surface area (Å²) in [4.78, 5) is 24.3. The average Bonchev–Trinajstić information content (AvgIpc) is 2.35. The van der Waals surface area contributed by atoms with Crippen LogP contribution in [0.4, 0.5) is 19.0 Å². The van der Waals surface area contributed by atoms with Crippen LogP contribution in [0.2, 0.25) is 0 Å². The third kappa shape index (κ3) is 4.19. The van der Waals surface area contributed by atoms with Crippen LogP contribution >= 0.6 is 0 Å². The lowest BCUT2D eigenvalue weighted by atomic mass is 10.2. The molecule has 0 spiro atoms. The van der Waals surface area contributed by atoms with E-state index in [0.717, 1.165) is 7.11 Å². The summed E-state index contributed by atoms with van der Waals surface area (Å²) < 4.78 is 49.7. The largest absolute Gasteiger partial charge is 0.575 e. The van der Waals surface area contributed by atoms with Gasteiger partial charge in [-0.3, -0.25) is 0 Å². The Morgan fingerprint density at radius 2 is 2.10 bits per heavy atom. The van der Waals surface area contributed by atoms with Crippen LogP contribution in [0.25, 0.3) is 0 Å². The molecule has 1 aromatic rings. The summed E-state index contributed by atoms with van der Waals surface area (Å²) in [5, 5.41) is 10.6. The Hall–Kier alpha value is -2.59. The third-order valence-electron chi connectivity index (χ3n) is 2.04. The predicted octanol–water partition coefficient (Wildman–Crippen LogP) is 2.07. The lowest BCUT2D eigenvalue weighted by Crippen LogP contribution is -2.21. The molecule has 0 aliphatic heterocycles. The zero-order valence-electron chi connectivity index (χ0n) is 10.8. The van der Waals surface area contributed by atoms with Gasteiger partial charge >= 0.3 is 24.0 Å². The molecule has 11 heteroatoms. The van der Waals surface area contributed by atoms with Crippen LogP contribution in [0, 0.1) is 10.1 Å². The molecule has 0 amide bonds. The second-order valence-corrected chi connectivity index (χ2v) is 3.39. The van der Waals surface area contributed by atoms with E-state index in [4.69, 9.17) is 0 Å². The zero-order valence-corrected chi connectivity index (χ0v) is 10.8. The molecule has 0 bridgehead atoms. The van der Waals surface area contributed by atoms with E-state index in [9.17, 15) is 28.1 Å². The number of carbonyl (C=O) groups excluding carboxylic acids is 1. The van der Waals surface area contributed by atoms with Crippen molar-refractivity contribution in [2.75, 3.05) is 13.7 Å². The maximum absolute atomic E-state index is 12.3. The maximum Gasteiger partial charge on any atom is 0.575 e. The first-order chi connectivity index (χ1) is 9.69. The number of nitro groups is 1. The van der Waals surface area contributed by atoms with E-state index in [1.54, 1.807) is 0 Å². The zero-order chi connectivity index (χ0) is 16.2. The molecule has 0 atom stereocenters. The summed E-state index contributed by atoms with van der Waals surface area (Å²) in [6.45, 7) is 1.29. The third-order valence-corrected chi connectivity index (χ3v) is 2.04. The van der Waals surface area contributed by atoms with Crippen LogP contribution in [-0.2, 0) is 4.74 Å². The fourth-order valence-corrected chi connectivity index (χ4v) is 1.32. The Labute approximate surface area is 115 Å². The average molecular weight is 310 g/mol. The van der Waals surface area contributed by atoms with Gasteiger partial charge in [0.15, 0.2) is 5.56 Å². The highest BCUT2D eigenvalue weighted by molar-refractivity contribution is 5.95. The molecular formula is C10H9F3N2O6. The lowest BCUT2D eigenvalue weighted by Gasteiger charge is -2.11. The van der Waals surface area contributed by atoms with Gasteiger partial charge in [0.1, 0.15) is 5.75 Å². The number of hydrogen-bond donors (Lipinski definition) is 0. The van der Waals surface area contributed by atoms with Gasteiger partial charge in [0.2, 0.25) is 0 Å². The van der Waals surface area contributed by atoms with Crippen LogP contribution in [0.1, 0.15) is 17.3 Å². The molecule has 0 aromatic carbocycles. The summed E-state index contributed by atoms with van der Waals surface area (Å²) in [6.07, 6.45) is -5.20. The molecular weight excluding hydrogens is 301 g/mol. The molecule has 0 unspecified atom stereocenters. The van der Waals surface area contributed by atoms with Crippen LogP contribution < -0.4 is 9.47 Å². The van der Waals surface area contributed by atoms with Crippen LogP contribution in [0.15, 0.2) is 6.07 Å². The summed E-state index contributed by atoms with van der Waals surface area (Å²) >= 11 is 0.